The molecule has 1 saturated heterocycles. The van der Waals surface area contributed by atoms with Gasteiger partial charge in [0.05, 0.1) is 34.9 Å². The Morgan fingerprint density at radius 2 is 1.92 bits per heavy atom. The van der Waals surface area contributed by atoms with Crippen LogP contribution in [0.25, 0.3) is 0 Å². The van der Waals surface area contributed by atoms with Crippen molar-refractivity contribution in [1.82, 2.24) is 14.5 Å². The number of aromatic nitrogens is 2. The average molecular weight is 539 g/mol. The third-order valence-corrected chi connectivity index (χ3v) is 8.19. The van der Waals surface area contributed by atoms with E-state index in [4.69, 9.17) is 0 Å². The van der Waals surface area contributed by atoms with Crippen LogP contribution in [-0.2, 0) is 0 Å². The minimum Gasteiger partial charge on any atom is -0.380 e. The SMILES string of the molecule is CCCCC(Nc1ccc(N2CCN(C(=O)c3cccs3)CC2)cc1)C(c1cccc(C#N)c1)n1ccnc1. The molecule has 4 aromatic rings. The number of hydrogen-bond acceptors (Lipinski definition) is 6. The molecular formula is C31H34N6OS. The number of nitrogens with zero attached hydrogens (tertiary/aromatic N) is 5. The van der Waals surface area contributed by atoms with Gasteiger partial charge in [0, 0.05) is 49.9 Å². The van der Waals surface area contributed by atoms with Crippen LogP contribution < -0.4 is 10.2 Å². The molecule has 8 heteroatoms. The Hall–Kier alpha value is -4.09. The third kappa shape index (κ3) is 6.32. The average Bonchev–Trinajstić information content (AvgIpc) is 3.72. The highest BCUT2D eigenvalue weighted by Crippen LogP contribution is 2.30. The number of benzene rings is 2. The van der Waals surface area contributed by atoms with Crippen molar-refractivity contribution in [3.63, 3.8) is 0 Å². The second kappa shape index (κ2) is 12.6. The first-order chi connectivity index (χ1) is 19.2. The van der Waals surface area contributed by atoms with Crippen LogP contribution in [0, 0.1) is 11.3 Å². The number of carbonyl (C=O) groups excluding carboxylic acids is 1. The highest BCUT2D eigenvalue weighted by molar-refractivity contribution is 7.12. The molecule has 1 N–H and O–H groups in total. The van der Waals surface area contributed by atoms with Crippen molar-refractivity contribution in [2.24, 2.45) is 0 Å². The largest absolute Gasteiger partial charge is 0.380 e. The van der Waals surface area contributed by atoms with Gasteiger partial charge in [0.15, 0.2) is 0 Å². The van der Waals surface area contributed by atoms with Crippen molar-refractivity contribution in [3.8, 4) is 6.07 Å². The van der Waals surface area contributed by atoms with Crippen molar-refractivity contribution < 1.29 is 4.79 Å². The molecule has 1 aliphatic rings. The van der Waals surface area contributed by atoms with Gasteiger partial charge in [0.25, 0.3) is 5.91 Å². The van der Waals surface area contributed by atoms with Gasteiger partial charge >= 0.3 is 0 Å². The Labute approximate surface area is 234 Å². The number of anilines is 2. The summed E-state index contributed by atoms with van der Waals surface area (Å²) in [5, 5.41) is 15.3. The minimum atomic E-state index is 0.000913. The quantitative estimate of drug-likeness (QED) is 0.266. The maximum absolute atomic E-state index is 12.7. The lowest BCUT2D eigenvalue weighted by atomic mass is 9.93. The number of amides is 1. The molecule has 2 aromatic heterocycles. The van der Waals surface area contributed by atoms with E-state index in [1.807, 2.05) is 53.1 Å². The fourth-order valence-electron chi connectivity index (χ4n) is 5.28. The number of nitrogens with one attached hydrogen (secondary N) is 1. The summed E-state index contributed by atoms with van der Waals surface area (Å²) in [6.45, 7) is 5.30. The molecule has 200 valence electrons. The Balaban J connectivity index is 1.30. The van der Waals surface area contributed by atoms with Crippen LogP contribution in [0.2, 0.25) is 0 Å². The molecule has 3 heterocycles. The van der Waals surface area contributed by atoms with Crippen LogP contribution in [0.15, 0.2) is 84.8 Å². The molecule has 2 aromatic carbocycles. The van der Waals surface area contributed by atoms with Gasteiger partial charge in [-0.1, -0.05) is 38.0 Å². The summed E-state index contributed by atoms with van der Waals surface area (Å²) in [5.74, 6) is 0.134. The van der Waals surface area contributed by atoms with Crippen LogP contribution in [0.5, 0.6) is 0 Å². The lowest BCUT2D eigenvalue weighted by Gasteiger charge is -2.36. The molecule has 2 unspecified atom stereocenters. The highest BCUT2D eigenvalue weighted by Gasteiger charge is 2.26. The van der Waals surface area contributed by atoms with Crippen molar-refractivity contribution in [2.75, 3.05) is 36.4 Å². The Morgan fingerprint density at radius 1 is 1.10 bits per heavy atom. The first kappa shape index (κ1) is 26.5. The topological polar surface area (TPSA) is 77.2 Å². The van der Waals surface area contributed by atoms with Gasteiger partial charge < -0.3 is 19.7 Å². The standard InChI is InChI=1S/C31H34N6OS/c1-2-3-8-28(30(37-15-14-33-23-37)25-7-4-6-24(21-25)22-32)34-26-10-12-27(13-11-26)35-16-18-36(19-17-35)31(38)29-9-5-20-39-29/h4-7,9-15,20-21,23,28,30,34H,2-3,8,16-19H2,1H3. The normalized spacial score (nSPS) is 15.0. The molecule has 0 aliphatic carbocycles. The number of imidazole rings is 1. The molecule has 2 atom stereocenters. The first-order valence-electron chi connectivity index (χ1n) is 13.6. The molecule has 1 fully saturated rings. The lowest BCUT2D eigenvalue weighted by molar-refractivity contribution is 0.0751. The highest BCUT2D eigenvalue weighted by atomic mass is 32.1. The van der Waals surface area contributed by atoms with Crippen LogP contribution in [0.3, 0.4) is 0 Å². The van der Waals surface area contributed by atoms with E-state index in [2.05, 4.69) is 63.1 Å². The van der Waals surface area contributed by atoms with E-state index < -0.39 is 0 Å². The molecule has 5 rings (SSSR count). The van der Waals surface area contributed by atoms with Crippen molar-refractivity contribution in [1.29, 1.82) is 5.26 Å². The number of rotatable bonds is 10. The zero-order valence-corrected chi connectivity index (χ0v) is 23.1. The van der Waals surface area contributed by atoms with Gasteiger partial charge in [0.2, 0.25) is 0 Å². The van der Waals surface area contributed by atoms with Gasteiger partial charge in [-0.2, -0.15) is 5.26 Å². The number of piperazine rings is 1. The lowest BCUT2D eigenvalue weighted by Crippen LogP contribution is -2.48. The van der Waals surface area contributed by atoms with Crippen molar-refractivity contribution in [2.45, 2.75) is 38.3 Å². The van der Waals surface area contributed by atoms with Gasteiger partial charge in [-0.15, -0.1) is 11.3 Å². The second-order valence-electron chi connectivity index (χ2n) is 9.89. The summed E-state index contributed by atoms with van der Waals surface area (Å²) < 4.78 is 2.13. The van der Waals surface area contributed by atoms with Crippen molar-refractivity contribution >= 4 is 28.6 Å². The Morgan fingerprint density at radius 3 is 2.59 bits per heavy atom. The van der Waals surface area contributed by atoms with Gasteiger partial charge in [-0.05, 0) is 59.8 Å². The summed E-state index contributed by atoms with van der Waals surface area (Å²) >= 11 is 1.50. The van der Waals surface area contributed by atoms with Crippen LogP contribution in [0.4, 0.5) is 11.4 Å². The number of unbranched alkanes of at least 4 members (excludes halogenated alkanes) is 1. The maximum Gasteiger partial charge on any atom is 0.264 e. The van der Waals surface area contributed by atoms with Gasteiger partial charge in [0.1, 0.15) is 0 Å². The summed E-state index contributed by atoms with van der Waals surface area (Å²) in [6, 6.07) is 22.7. The van der Waals surface area contributed by atoms with Crippen LogP contribution >= 0.6 is 11.3 Å². The molecule has 39 heavy (non-hydrogen) atoms. The summed E-state index contributed by atoms with van der Waals surface area (Å²) in [5.41, 5.74) is 3.98. The monoisotopic (exact) mass is 538 g/mol. The molecule has 1 amide bonds. The Kier molecular flexibility index (Phi) is 8.59. The zero-order valence-electron chi connectivity index (χ0n) is 22.2. The predicted octanol–water partition coefficient (Wildman–Crippen LogP) is 6.04. The van der Waals surface area contributed by atoms with E-state index in [-0.39, 0.29) is 18.0 Å². The molecule has 7 nitrogen and oxygen atoms in total. The second-order valence-corrected chi connectivity index (χ2v) is 10.8. The van der Waals surface area contributed by atoms with E-state index in [9.17, 15) is 10.1 Å². The Bertz CT molecular complexity index is 1370. The van der Waals surface area contributed by atoms with E-state index >= 15 is 0 Å². The van der Waals surface area contributed by atoms with Crippen molar-refractivity contribution in [3.05, 3.63) is 101 Å². The number of nitriles is 1. The van der Waals surface area contributed by atoms with E-state index in [1.165, 1.54) is 17.0 Å². The zero-order chi connectivity index (χ0) is 27.0. The van der Waals surface area contributed by atoms with Crippen LogP contribution in [0.1, 0.15) is 53.0 Å². The fraction of sp³-hybridized carbons (Fsp3) is 0.323. The van der Waals surface area contributed by atoms with E-state index in [1.54, 1.807) is 6.20 Å². The maximum atomic E-state index is 12.7. The summed E-state index contributed by atoms with van der Waals surface area (Å²) in [6.07, 6.45) is 8.84. The number of hydrogen-bond donors (Lipinski definition) is 1. The van der Waals surface area contributed by atoms with Gasteiger partial charge in [-0.25, -0.2) is 4.98 Å². The molecule has 0 spiro atoms. The summed E-state index contributed by atoms with van der Waals surface area (Å²) in [4.78, 5) is 22.1. The smallest absolute Gasteiger partial charge is 0.264 e. The molecule has 1 aliphatic heterocycles. The van der Waals surface area contributed by atoms with E-state index in [0.29, 0.717) is 5.56 Å². The van der Waals surface area contributed by atoms with E-state index in [0.717, 1.165) is 61.6 Å². The number of carbonyl (C=O) groups is 1. The molecule has 0 radical (unpaired) electrons. The third-order valence-electron chi connectivity index (χ3n) is 7.34. The van der Waals surface area contributed by atoms with Gasteiger partial charge in [-0.3, -0.25) is 4.79 Å². The molecule has 0 bridgehead atoms. The minimum absolute atomic E-state index is 0.000913. The predicted molar refractivity (Wildman–Crippen MR) is 157 cm³/mol. The number of thiophene rings is 1. The first-order valence-corrected chi connectivity index (χ1v) is 14.5. The molecular weight excluding hydrogens is 504 g/mol. The van der Waals surface area contributed by atoms with Crippen LogP contribution in [-0.4, -0.2) is 52.6 Å². The summed E-state index contributed by atoms with van der Waals surface area (Å²) in [7, 11) is 0. The fourth-order valence-corrected chi connectivity index (χ4v) is 5.97. The molecule has 0 saturated carbocycles.